The highest BCUT2D eigenvalue weighted by molar-refractivity contribution is 5.85. The van der Waals surface area contributed by atoms with Crippen molar-refractivity contribution in [3.05, 3.63) is 0 Å². The van der Waals surface area contributed by atoms with E-state index >= 15 is 0 Å². The maximum Gasteiger partial charge on any atom is 0.234 e. The van der Waals surface area contributed by atoms with Crippen molar-refractivity contribution >= 4 is 18.3 Å². The molecule has 106 valence electrons. The Balaban J connectivity index is 0.00000162. The maximum absolute atomic E-state index is 11.9. The number of hydrogen-bond acceptors (Lipinski definition) is 3. The van der Waals surface area contributed by atoms with Crippen molar-refractivity contribution in [3.63, 3.8) is 0 Å². The highest BCUT2D eigenvalue weighted by Gasteiger charge is 2.20. The molecule has 0 atom stereocenters. The fraction of sp³-hybridized carbons (Fsp3) is 0.923. The quantitative estimate of drug-likeness (QED) is 0.816. The smallest absolute Gasteiger partial charge is 0.234 e. The number of carbonyl (C=O) groups excluding carboxylic acids is 1. The molecule has 0 spiro atoms. The number of likely N-dealkylation sites (tertiary alicyclic amines) is 1. The van der Waals surface area contributed by atoms with Gasteiger partial charge in [0.15, 0.2) is 0 Å². The second-order valence-corrected chi connectivity index (χ2v) is 5.52. The number of nitrogens with zero attached hydrogens (tertiary/aromatic N) is 1. The van der Waals surface area contributed by atoms with Gasteiger partial charge >= 0.3 is 0 Å². The summed E-state index contributed by atoms with van der Waals surface area (Å²) >= 11 is 0. The average Bonchev–Trinajstić information content (AvgIpc) is 2.33. The summed E-state index contributed by atoms with van der Waals surface area (Å²) in [6, 6.07) is 0.774. The molecule has 1 saturated carbocycles. The van der Waals surface area contributed by atoms with Crippen LogP contribution in [-0.2, 0) is 4.79 Å². The van der Waals surface area contributed by atoms with Crippen LogP contribution in [0.1, 0.15) is 44.9 Å². The normalized spacial score (nSPS) is 23.4. The number of nitrogens with one attached hydrogen (secondary N) is 1. The molecule has 0 bridgehead atoms. The second kappa shape index (κ2) is 7.97. The molecular formula is C13H26ClN3O. The third-order valence-corrected chi connectivity index (χ3v) is 3.97. The van der Waals surface area contributed by atoms with E-state index in [1.165, 1.54) is 19.3 Å². The van der Waals surface area contributed by atoms with Gasteiger partial charge in [0.25, 0.3) is 0 Å². The first-order valence-electron chi connectivity index (χ1n) is 7.01. The lowest BCUT2D eigenvalue weighted by atomic mass is 9.95. The van der Waals surface area contributed by atoms with E-state index in [9.17, 15) is 4.79 Å². The summed E-state index contributed by atoms with van der Waals surface area (Å²) in [6.07, 6.45) is 8.24. The van der Waals surface area contributed by atoms with Crippen LogP contribution in [0.4, 0.5) is 0 Å². The van der Waals surface area contributed by atoms with Gasteiger partial charge < -0.3 is 11.1 Å². The Morgan fingerprint density at radius 2 is 1.72 bits per heavy atom. The Hall–Kier alpha value is -0.320. The molecule has 1 amide bonds. The summed E-state index contributed by atoms with van der Waals surface area (Å²) in [7, 11) is 0. The third-order valence-electron chi connectivity index (χ3n) is 3.97. The first-order valence-corrected chi connectivity index (χ1v) is 7.01. The van der Waals surface area contributed by atoms with Gasteiger partial charge in [-0.1, -0.05) is 19.3 Å². The summed E-state index contributed by atoms with van der Waals surface area (Å²) in [4.78, 5) is 14.1. The van der Waals surface area contributed by atoms with E-state index in [1.54, 1.807) is 0 Å². The first-order chi connectivity index (χ1) is 8.24. The zero-order valence-corrected chi connectivity index (χ0v) is 11.9. The van der Waals surface area contributed by atoms with E-state index in [-0.39, 0.29) is 18.3 Å². The molecule has 3 N–H and O–H groups in total. The minimum atomic E-state index is 0. The van der Waals surface area contributed by atoms with Gasteiger partial charge in [-0.25, -0.2) is 0 Å². The van der Waals surface area contributed by atoms with Gasteiger partial charge in [-0.3, -0.25) is 9.69 Å². The predicted molar refractivity (Wildman–Crippen MR) is 75.9 cm³/mol. The van der Waals surface area contributed by atoms with E-state index < -0.39 is 0 Å². The van der Waals surface area contributed by atoms with Crippen LogP contribution in [-0.4, -0.2) is 42.5 Å². The van der Waals surface area contributed by atoms with Crippen LogP contribution in [0, 0.1) is 0 Å². The predicted octanol–water partition coefficient (Wildman–Crippen LogP) is 1.28. The van der Waals surface area contributed by atoms with Crippen molar-refractivity contribution in [1.82, 2.24) is 10.2 Å². The number of carbonyl (C=O) groups is 1. The molecule has 1 aliphatic heterocycles. The molecule has 0 unspecified atom stereocenters. The van der Waals surface area contributed by atoms with E-state index in [2.05, 4.69) is 10.2 Å². The van der Waals surface area contributed by atoms with Crippen molar-refractivity contribution < 1.29 is 4.79 Å². The monoisotopic (exact) mass is 275 g/mol. The summed E-state index contributed by atoms with van der Waals surface area (Å²) in [5, 5.41) is 3.17. The summed E-state index contributed by atoms with van der Waals surface area (Å²) in [5.41, 5.74) is 5.85. The zero-order valence-electron chi connectivity index (χ0n) is 11.1. The van der Waals surface area contributed by atoms with Crippen molar-refractivity contribution in [2.24, 2.45) is 5.73 Å². The van der Waals surface area contributed by atoms with Crippen LogP contribution in [0.3, 0.4) is 0 Å². The van der Waals surface area contributed by atoms with E-state index in [0.717, 1.165) is 38.8 Å². The fourth-order valence-corrected chi connectivity index (χ4v) is 2.83. The Morgan fingerprint density at radius 1 is 1.11 bits per heavy atom. The molecule has 0 aromatic heterocycles. The van der Waals surface area contributed by atoms with Gasteiger partial charge in [-0.05, 0) is 25.7 Å². The van der Waals surface area contributed by atoms with Gasteiger partial charge in [0, 0.05) is 25.2 Å². The Labute approximate surface area is 116 Å². The zero-order chi connectivity index (χ0) is 12.1. The Kier molecular flexibility index (Phi) is 6.97. The van der Waals surface area contributed by atoms with E-state index in [1.807, 2.05) is 0 Å². The molecule has 2 aliphatic rings. The van der Waals surface area contributed by atoms with Crippen LogP contribution < -0.4 is 11.1 Å². The van der Waals surface area contributed by atoms with Gasteiger partial charge in [-0.15, -0.1) is 12.4 Å². The molecule has 1 heterocycles. The van der Waals surface area contributed by atoms with Crippen LogP contribution in [0.5, 0.6) is 0 Å². The summed E-state index contributed by atoms with van der Waals surface area (Å²) in [5.74, 6) is 0.201. The number of nitrogens with two attached hydrogens (primary N) is 1. The topological polar surface area (TPSA) is 58.4 Å². The van der Waals surface area contributed by atoms with Gasteiger partial charge in [0.1, 0.15) is 0 Å². The largest absolute Gasteiger partial charge is 0.352 e. The van der Waals surface area contributed by atoms with Crippen LogP contribution in [0.25, 0.3) is 0 Å². The minimum Gasteiger partial charge on any atom is -0.352 e. The van der Waals surface area contributed by atoms with Gasteiger partial charge in [0.2, 0.25) is 5.91 Å². The van der Waals surface area contributed by atoms with Crippen molar-refractivity contribution in [3.8, 4) is 0 Å². The molecule has 5 heteroatoms. The third kappa shape index (κ3) is 5.12. The van der Waals surface area contributed by atoms with Gasteiger partial charge in [0.05, 0.1) is 6.54 Å². The summed E-state index contributed by atoms with van der Waals surface area (Å²) in [6.45, 7) is 2.50. The molecule has 4 nitrogen and oxygen atoms in total. The molecule has 2 rings (SSSR count). The molecule has 0 aromatic rings. The fourth-order valence-electron chi connectivity index (χ4n) is 2.83. The molecule has 18 heavy (non-hydrogen) atoms. The van der Waals surface area contributed by atoms with Crippen molar-refractivity contribution in [1.29, 1.82) is 0 Å². The Morgan fingerprint density at radius 3 is 2.33 bits per heavy atom. The SMILES string of the molecule is Cl.NC1CCN(CC(=O)NC2CCCCC2)CC1. The van der Waals surface area contributed by atoms with Crippen molar-refractivity contribution in [2.45, 2.75) is 57.0 Å². The average molecular weight is 276 g/mol. The number of halogens is 1. The lowest BCUT2D eigenvalue weighted by Crippen LogP contribution is -2.46. The minimum absolute atomic E-state index is 0. The maximum atomic E-state index is 11.9. The Bertz CT molecular complexity index is 249. The second-order valence-electron chi connectivity index (χ2n) is 5.52. The number of rotatable bonds is 3. The van der Waals surface area contributed by atoms with Crippen molar-refractivity contribution in [2.75, 3.05) is 19.6 Å². The molecule has 0 aromatic carbocycles. The number of hydrogen-bond donors (Lipinski definition) is 2. The molecule has 0 radical (unpaired) electrons. The highest BCUT2D eigenvalue weighted by atomic mass is 35.5. The first kappa shape index (κ1) is 15.7. The molecule has 1 aliphatic carbocycles. The number of piperidine rings is 1. The van der Waals surface area contributed by atoms with E-state index in [0.29, 0.717) is 18.6 Å². The highest BCUT2D eigenvalue weighted by Crippen LogP contribution is 2.17. The van der Waals surface area contributed by atoms with Crippen LogP contribution >= 0.6 is 12.4 Å². The molecule has 2 fully saturated rings. The molecular weight excluding hydrogens is 250 g/mol. The van der Waals surface area contributed by atoms with E-state index in [4.69, 9.17) is 5.73 Å². The standard InChI is InChI=1S/C13H25N3O.ClH/c14-11-6-8-16(9-7-11)10-13(17)15-12-4-2-1-3-5-12;/h11-12H,1-10,14H2,(H,15,17);1H. The number of amides is 1. The summed E-state index contributed by atoms with van der Waals surface area (Å²) < 4.78 is 0. The van der Waals surface area contributed by atoms with Crippen LogP contribution in [0.2, 0.25) is 0 Å². The molecule has 1 saturated heterocycles. The van der Waals surface area contributed by atoms with Crippen LogP contribution in [0.15, 0.2) is 0 Å². The lowest BCUT2D eigenvalue weighted by molar-refractivity contribution is -0.123. The van der Waals surface area contributed by atoms with Gasteiger partial charge in [-0.2, -0.15) is 0 Å². The lowest BCUT2D eigenvalue weighted by Gasteiger charge is -2.30.